The van der Waals surface area contributed by atoms with Gasteiger partial charge in [0.2, 0.25) is 0 Å². The first kappa shape index (κ1) is 22.3. The number of fused-ring (bicyclic) bond motifs is 3. The zero-order valence-electron chi connectivity index (χ0n) is 21.0. The quantitative estimate of drug-likeness (QED) is 0.256. The first-order valence-electron chi connectivity index (χ1n) is 13.1. The second-order valence-electron chi connectivity index (χ2n) is 9.79. The van der Waals surface area contributed by atoms with E-state index in [2.05, 4.69) is 163 Å². The van der Waals surface area contributed by atoms with E-state index in [1.165, 1.54) is 44.5 Å². The lowest BCUT2D eigenvalue weighted by molar-refractivity contribution is 0.768. The maximum atomic E-state index is 3.85. The summed E-state index contributed by atoms with van der Waals surface area (Å²) in [5, 5.41) is 3.85. The van der Waals surface area contributed by atoms with E-state index in [-0.39, 0.29) is 0 Å². The van der Waals surface area contributed by atoms with Gasteiger partial charge in [-0.1, -0.05) is 146 Å². The lowest BCUT2D eigenvalue weighted by Gasteiger charge is -2.34. The van der Waals surface area contributed by atoms with Crippen LogP contribution >= 0.6 is 0 Å². The van der Waals surface area contributed by atoms with Gasteiger partial charge in [0.05, 0.1) is 5.41 Å². The van der Waals surface area contributed by atoms with E-state index in [0.717, 1.165) is 11.4 Å². The van der Waals surface area contributed by atoms with E-state index in [9.17, 15) is 0 Å². The molecule has 1 aliphatic rings. The minimum absolute atomic E-state index is 0.398. The highest BCUT2D eigenvalue weighted by Crippen LogP contribution is 2.58. The maximum Gasteiger partial charge on any atom is 0.0714 e. The van der Waals surface area contributed by atoms with Crippen LogP contribution in [0.5, 0.6) is 0 Å². The summed E-state index contributed by atoms with van der Waals surface area (Å²) < 4.78 is 0. The molecular formula is C37H27N. The number of anilines is 2. The molecule has 1 nitrogen and oxygen atoms in total. The Morgan fingerprint density at radius 1 is 0.368 bits per heavy atom. The van der Waals surface area contributed by atoms with Crippen molar-refractivity contribution in [3.05, 3.63) is 180 Å². The molecule has 0 unspecified atom stereocenters. The molecular weight excluding hydrogens is 458 g/mol. The third kappa shape index (κ3) is 3.40. The van der Waals surface area contributed by atoms with Crippen molar-refractivity contribution < 1.29 is 0 Å². The Labute approximate surface area is 224 Å². The van der Waals surface area contributed by atoms with Crippen LogP contribution in [-0.4, -0.2) is 0 Å². The van der Waals surface area contributed by atoms with Gasteiger partial charge in [0.1, 0.15) is 0 Å². The lowest BCUT2D eigenvalue weighted by Crippen LogP contribution is -2.28. The molecule has 0 spiro atoms. The van der Waals surface area contributed by atoms with E-state index >= 15 is 0 Å². The van der Waals surface area contributed by atoms with Gasteiger partial charge in [0.15, 0.2) is 0 Å². The van der Waals surface area contributed by atoms with Crippen LogP contribution in [0.4, 0.5) is 11.4 Å². The van der Waals surface area contributed by atoms with Crippen LogP contribution in [0, 0.1) is 0 Å². The second-order valence-corrected chi connectivity index (χ2v) is 9.79. The molecule has 0 radical (unpaired) electrons. The van der Waals surface area contributed by atoms with E-state index < -0.39 is 5.41 Å². The van der Waals surface area contributed by atoms with Gasteiger partial charge in [-0.05, 0) is 45.5 Å². The minimum atomic E-state index is -0.398. The van der Waals surface area contributed by atoms with Gasteiger partial charge < -0.3 is 5.32 Å². The molecule has 0 aromatic heterocycles. The molecule has 0 fully saturated rings. The second kappa shape index (κ2) is 9.21. The van der Waals surface area contributed by atoms with Crippen molar-refractivity contribution in [3.63, 3.8) is 0 Å². The van der Waals surface area contributed by atoms with Crippen LogP contribution in [0.3, 0.4) is 0 Å². The summed E-state index contributed by atoms with van der Waals surface area (Å²) in [5.41, 5.74) is 11.9. The Hall–Kier alpha value is -4.88. The molecule has 1 N–H and O–H groups in total. The molecule has 0 saturated carbocycles. The number of benzene rings is 6. The topological polar surface area (TPSA) is 12.0 Å². The lowest BCUT2D eigenvalue weighted by atomic mass is 9.68. The van der Waals surface area contributed by atoms with Gasteiger partial charge in [-0.3, -0.25) is 0 Å². The molecule has 1 aliphatic carbocycles. The summed E-state index contributed by atoms with van der Waals surface area (Å²) in [5.74, 6) is 0. The van der Waals surface area contributed by atoms with Crippen molar-refractivity contribution in [2.45, 2.75) is 5.41 Å². The highest BCUT2D eigenvalue weighted by atomic mass is 14.9. The highest BCUT2D eigenvalue weighted by molar-refractivity contribution is 5.95. The van der Waals surface area contributed by atoms with E-state index in [0.29, 0.717) is 0 Å². The maximum absolute atomic E-state index is 3.85. The average molecular weight is 486 g/mol. The van der Waals surface area contributed by atoms with Crippen molar-refractivity contribution in [1.82, 2.24) is 0 Å². The van der Waals surface area contributed by atoms with Crippen molar-refractivity contribution in [2.24, 2.45) is 0 Å². The Morgan fingerprint density at radius 2 is 0.868 bits per heavy atom. The minimum Gasteiger partial charge on any atom is -0.355 e. The first-order chi connectivity index (χ1) is 18.9. The zero-order valence-corrected chi connectivity index (χ0v) is 21.0. The molecule has 0 atom stereocenters. The zero-order chi connectivity index (χ0) is 25.4. The van der Waals surface area contributed by atoms with Crippen LogP contribution in [-0.2, 0) is 5.41 Å². The summed E-state index contributed by atoms with van der Waals surface area (Å²) in [7, 11) is 0. The Kier molecular flexibility index (Phi) is 5.41. The van der Waals surface area contributed by atoms with Crippen molar-refractivity contribution in [3.8, 4) is 22.3 Å². The van der Waals surface area contributed by atoms with Gasteiger partial charge in [0.25, 0.3) is 0 Å². The predicted molar refractivity (Wildman–Crippen MR) is 159 cm³/mol. The highest BCUT2D eigenvalue weighted by Gasteiger charge is 2.46. The molecule has 6 aromatic rings. The average Bonchev–Trinajstić information content (AvgIpc) is 3.31. The Bertz CT molecular complexity index is 1680. The van der Waals surface area contributed by atoms with Crippen molar-refractivity contribution in [1.29, 1.82) is 0 Å². The molecule has 0 amide bonds. The van der Waals surface area contributed by atoms with E-state index in [4.69, 9.17) is 0 Å². The van der Waals surface area contributed by atoms with Crippen LogP contribution in [0.1, 0.15) is 22.3 Å². The van der Waals surface area contributed by atoms with Gasteiger partial charge in [-0.15, -0.1) is 0 Å². The van der Waals surface area contributed by atoms with E-state index in [1.807, 2.05) is 0 Å². The Morgan fingerprint density at radius 3 is 1.55 bits per heavy atom. The fraction of sp³-hybridized carbons (Fsp3) is 0.0270. The number of hydrogen-bond donors (Lipinski definition) is 1. The molecule has 7 rings (SSSR count). The molecule has 0 bridgehead atoms. The number of rotatable bonds is 5. The fourth-order valence-corrected chi connectivity index (χ4v) is 6.20. The normalized spacial score (nSPS) is 12.9. The molecule has 1 heteroatoms. The number of para-hydroxylation sites is 1. The molecule has 0 heterocycles. The molecule has 0 saturated heterocycles. The third-order valence-corrected chi connectivity index (χ3v) is 7.76. The van der Waals surface area contributed by atoms with Crippen LogP contribution in [0.15, 0.2) is 158 Å². The number of hydrogen-bond acceptors (Lipinski definition) is 1. The Balaban J connectivity index is 1.49. The smallest absolute Gasteiger partial charge is 0.0714 e. The summed E-state index contributed by atoms with van der Waals surface area (Å²) in [6, 6.07) is 56.6. The van der Waals surface area contributed by atoms with Gasteiger partial charge in [0, 0.05) is 22.5 Å². The van der Waals surface area contributed by atoms with Gasteiger partial charge in [-0.2, -0.15) is 0 Å². The monoisotopic (exact) mass is 485 g/mol. The van der Waals surface area contributed by atoms with Gasteiger partial charge >= 0.3 is 0 Å². The summed E-state index contributed by atoms with van der Waals surface area (Å²) in [6.07, 6.45) is 0. The largest absolute Gasteiger partial charge is 0.355 e. The van der Waals surface area contributed by atoms with Crippen molar-refractivity contribution in [2.75, 3.05) is 5.32 Å². The van der Waals surface area contributed by atoms with Crippen LogP contribution < -0.4 is 5.32 Å². The van der Waals surface area contributed by atoms with Crippen molar-refractivity contribution >= 4 is 11.4 Å². The molecule has 6 aromatic carbocycles. The fourth-order valence-electron chi connectivity index (χ4n) is 6.20. The molecule has 0 aliphatic heterocycles. The standard InChI is InChI=1S/C37H27N/c1-4-15-27(16-5-1)30-21-11-13-25-34(30)38-35-26-14-24-33-36(35)31-22-10-12-23-32(31)37(33,28-17-6-2-7-18-28)29-19-8-3-9-20-29/h1-26,38H. The van der Waals surface area contributed by atoms with Crippen LogP contribution in [0.25, 0.3) is 22.3 Å². The first-order valence-corrected chi connectivity index (χ1v) is 13.1. The SMILES string of the molecule is c1ccc(-c2ccccc2Nc2cccc3c2-c2ccccc2C3(c2ccccc2)c2ccccc2)cc1. The molecule has 180 valence electrons. The molecule has 38 heavy (non-hydrogen) atoms. The summed E-state index contributed by atoms with van der Waals surface area (Å²) >= 11 is 0. The third-order valence-electron chi connectivity index (χ3n) is 7.76. The summed E-state index contributed by atoms with van der Waals surface area (Å²) in [6.45, 7) is 0. The number of nitrogens with one attached hydrogen (secondary N) is 1. The predicted octanol–water partition coefficient (Wildman–Crippen LogP) is 9.46. The van der Waals surface area contributed by atoms with E-state index in [1.54, 1.807) is 0 Å². The summed E-state index contributed by atoms with van der Waals surface area (Å²) in [4.78, 5) is 0. The van der Waals surface area contributed by atoms with Crippen LogP contribution in [0.2, 0.25) is 0 Å². The van der Waals surface area contributed by atoms with Gasteiger partial charge in [-0.25, -0.2) is 0 Å².